The number of hydrazine groups is 1. The van der Waals surface area contributed by atoms with Gasteiger partial charge in [0.05, 0.1) is 0 Å². The van der Waals surface area contributed by atoms with Crippen LogP contribution in [0.25, 0.3) is 0 Å². The fraction of sp³-hybridized carbons (Fsp3) is 0.364. The average molecular weight is 259 g/mol. The molecule has 1 rings (SSSR count). The standard InChI is InChI=1S/C11H15ClN2OS/c1-8(5-6-11(15)14-13)16-10-4-2-3-9(12)7-10/h2-4,7-8H,5-6,13H2,1H3,(H,14,15). The molecule has 1 unspecified atom stereocenters. The highest BCUT2D eigenvalue weighted by atomic mass is 35.5. The lowest BCUT2D eigenvalue weighted by atomic mass is 10.2. The molecule has 0 bridgehead atoms. The maximum Gasteiger partial charge on any atom is 0.233 e. The number of nitrogens with one attached hydrogen (secondary N) is 1. The Labute approximate surface area is 105 Å². The van der Waals surface area contributed by atoms with Crippen LogP contribution in [0.2, 0.25) is 5.02 Å². The number of carbonyl (C=O) groups excluding carboxylic acids is 1. The van der Waals surface area contributed by atoms with Gasteiger partial charge >= 0.3 is 0 Å². The van der Waals surface area contributed by atoms with Gasteiger partial charge in [-0.15, -0.1) is 11.8 Å². The molecule has 1 amide bonds. The summed E-state index contributed by atoms with van der Waals surface area (Å²) >= 11 is 7.59. The summed E-state index contributed by atoms with van der Waals surface area (Å²) in [6.45, 7) is 2.08. The van der Waals surface area contributed by atoms with E-state index in [9.17, 15) is 4.79 Å². The molecule has 0 radical (unpaired) electrons. The van der Waals surface area contributed by atoms with Crippen LogP contribution >= 0.6 is 23.4 Å². The molecular formula is C11H15ClN2OS. The second kappa shape index (κ2) is 6.78. The lowest BCUT2D eigenvalue weighted by molar-refractivity contribution is -0.121. The quantitative estimate of drug-likeness (QED) is 0.369. The minimum Gasteiger partial charge on any atom is -0.294 e. The van der Waals surface area contributed by atoms with Crippen molar-refractivity contribution in [2.75, 3.05) is 0 Å². The van der Waals surface area contributed by atoms with Gasteiger partial charge < -0.3 is 0 Å². The van der Waals surface area contributed by atoms with Gasteiger partial charge in [0.1, 0.15) is 0 Å². The van der Waals surface area contributed by atoms with Gasteiger partial charge in [0, 0.05) is 21.6 Å². The zero-order valence-corrected chi connectivity index (χ0v) is 10.6. The second-order valence-electron chi connectivity index (χ2n) is 3.49. The van der Waals surface area contributed by atoms with Crippen LogP contribution in [0, 0.1) is 0 Å². The third-order valence-electron chi connectivity index (χ3n) is 2.07. The average Bonchev–Trinajstić information content (AvgIpc) is 2.26. The van der Waals surface area contributed by atoms with Crippen LogP contribution < -0.4 is 11.3 Å². The molecule has 0 heterocycles. The summed E-state index contributed by atoms with van der Waals surface area (Å²) in [6, 6.07) is 7.70. The predicted molar refractivity (Wildman–Crippen MR) is 68.3 cm³/mol. The van der Waals surface area contributed by atoms with Crippen molar-refractivity contribution in [2.45, 2.75) is 29.9 Å². The van der Waals surface area contributed by atoms with Crippen LogP contribution in [0.5, 0.6) is 0 Å². The molecule has 1 aromatic carbocycles. The van der Waals surface area contributed by atoms with Gasteiger partial charge in [0.2, 0.25) is 5.91 Å². The van der Waals surface area contributed by atoms with E-state index in [1.807, 2.05) is 24.3 Å². The fourth-order valence-electron chi connectivity index (χ4n) is 1.24. The van der Waals surface area contributed by atoms with E-state index in [1.165, 1.54) is 0 Å². The Bertz CT molecular complexity index is 360. The van der Waals surface area contributed by atoms with Gasteiger partial charge in [-0.3, -0.25) is 10.2 Å². The first-order valence-corrected chi connectivity index (χ1v) is 6.29. The van der Waals surface area contributed by atoms with E-state index in [0.717, 1.165) is 16.3 Å². The van der Waals surface area contributed by atoms with Crippen molar-refractivity contribution in [3.63, 3.8) is 0 Å². The minimum atomic E-state index is -0.126. The molecule has 0 saturated heterocycles. The first-order chi connectivity index (χ1) is 7.61. The van der Waals surface area contributed by atoms with E-state index in [2.05, 4.69) is 12.3 Å². The molecule has 1 aromatic rings. The number of amides is 1. The first-order valence-electron chi connectivity index (χ1n) is 5.03. The predicted octanol–water partition coefficient (Wildman–Crippen LogP) is 2.59. The van der Waals surface area contributed by atoms with Crippen LogP contribution in [0.15, 0.2) is 29.2 Å². The van der Waals surface area contributed by atoms with Crippen molar-refractivity contribution < 1.29 is 4.79 Å². The number of benzene rings is 1. The Morgan fingerprint density at radius 2 is 2.38 bits per heavy atom. The zero-order valence-electron chi connectivity index (χ0n) is 9.07. The van der Waals surface area contributed by atoms with Gasteiger partial charge in [-0.1, -0.05) is 24.6 Å². The van der Waals surface area contributed by atoms with Crippen molar-refractivity contribution in [2.24, 2.45) is 5.84 Å². The number of thioether (sulfide) groups is 1. The Morgan fingerprint density at radius 3 is 3.00 bits per heavy atom. The molecule has 0 aliphatic carbocycles. The van der Waals surface area contributed by atoms with Crippen LogP contribution in [-0.4, -0.2) is 11.2 Å². The molecule has 0 aliphatic rings. The van der Waals surface area contributed by atoms with E-state index in [0.29, 0.717) is 11.7 Å². The molecule has 16 heavy (non-hydrogen) atoms. The molecule has 0 saturated carbocycles. The van der Waals surface area contributed by atoms with Crippen molar-refractivity contribution in [3.05, 3.63) is 29.3 Å². The minimum absolute atomic E-state index is 0.126. The highest BCUT2D eigenvalue weighted by Crippen LogP contribution is 2.27. The number of hydrogen-bond acceptors (Lipinski definition) is 3. The van der Waals surface area contributed by atoms with Crippen LogP contribution in [-0.2, 0) is 4.79 Å². The van der Waals surface area contributed by atoms with Gasteiger partial charge in [-0.2, -0.15) is 0 Å². The summed E-state index contributed by atoms with van der Waals surface area (Å²) in [5.74, 6) is 4.88. The summed E-state index contributed by atoms with van der Waals surface area (Å²) in [7, 11) is 0. The van der Waals surface area contributed by atoms with Crippen molar-refractivity contribution in [1.29, 1.82) is 0 Å². The third kappa shape index (κ3) is 4.88. The lowest BCUT2D eigenvalue weighted by Crippen LogP contribution is -2.30. The SMILES string of the molecule is CC(CCC(=O)NN)Sc1cccc(Cl)c1. The second-order valence-corrected chi connectivity index (χ2v) is 5.44. The van der Waals surface area contributed by atoms with Gasteiger partial charge in [0.25, 0.3) is 0 Å². The van der Waals surface area contributed by atoms with Crippen LogP contribution in [0.4, 0.5) is 0 Å². The van der Waals surface area contributed by atoms with E-state index >= 15 is 0 Å². The Balaban J connectivity index is 2.39. The monoisotopic (exact) mass is 258 g/mol. The number of nitrogens with two attached hydrogens (primary N) is 1. The normalized spacial score (nSPS) is 12.2. The summed E-state index contributed by atoms with van der Waals surface area (Å²) in [6.07, 6.45) is 1.24. The number of carbonyl (C=O) groups is 1. The number of halogens is 1. The fourth-order valence-corrected chi connectivity index (χ4v) is 2.55. The van der Waals surface area contributed by atoms with E-state index in [-0.39, 0.29) is 5.91 Å². The molecule has 3 N–H and O–H groups in total. The van der Waals surface area contributed by atoms with Gasteiger partial charge in [-0.05, 0) is 24.6 Å². The molecule has 88 valence electrons. The van der Waals surface area contributed by atoms with Crippen molar-refractivity contribution in [3.8, 4) is 0 Å². The molecule has 0 spiro atoms. The topological polar surface area (TPSA) is 55.1 Å². The molecule has 1 atom stereocenters. The Morgan fingerprint density at radius 1 is 1.62 bits per heavy atom. The summed E-state index contributed by atoms with van der Waals surface area (Å²) in [4.78, 5) is 12.1. The summed E-state index contributed by atoms with van der Waals surface area (Å²) in [5.41, 5.74) is 2.12. The molecular weight excluding hydrogens is 244 g/mol. The Kier molecular flexibility index (Phi) is 5.66. The van der Waals surface area contributed by atoms with Crippen LogP contribution in [0.3, 0.4) is 0 Å². The van der Waals surface area contributed by atoms with E-state index < -0.39 is 0 Å². The molecule has 3 nitrogen and oxygen atoms in total. The van der Waals surface area contributed by atoms with E-state index in [1.54, 1.807) is 11.8 Å². The molecule has 0 fully saturated rings. The third-order valence-corrected chi connectivity index (χ3v) is 3.47. The van der Waals surface area contributed by atoms with Gasteiger partial charge in [-0.25, -0.2) is 5.84 Å². The maximum atomic E-state index is 11.0. The molecule has 0 aromatic heterocycles. The molecule has 0 aliphatic heterocycles. The summed E-state index contributed by atoms with van der Waals surface area (Å²) < 4.78 is 0. The van der Waals surface area contributed by atoms with Crippen molar-refractivity contribution >= 4 is 29.3 Å². The molecule has 5 heteroatoms. The Hall–Kier alpha value is -0.710. The zero-order chi connectivity index (χ0) is 12.0. The lowest BCUT2D eigenvalue weighted by Gasteiger charge is -2.10. The van der Waals surface area contributed by atoms with E-state index in [4.69, 9.17) is 17.4 Å². The smallest absolute Gasteiger partial charge is 0.233 e. The van der Waals surface area contributed by atoms with Crippen LogP contribution in [0.1, 0.15) is 19.8 Å². The summed E-state index contributed by atoms with van der Waals surface area (Å²) in [5, 5.41) is 1.09. The highest BCUT2D eigenvalue weighted by molar-refractivity contribution is 7.99. The number of rotatable bonds is 5. The first kappa shape index (κ1) is 13.4. The highest BCUT2D eigenvalue weighted by Gasteiger charge is 2.07. The maximum absolute atomic E-state index is 11.0. The van der Waals surface area contributed by atoms with Gasteiger partial charge in [0.15, 0.2) is 0 Å². The number of hydrogen-bond donors (Lipinski definition) is 2. The van der Waals surface area contributed by atoms with Crippen molar-refractivity contribution in [1.82, 2.24) is 5.43 Å². The largest absolute Gasteiger partial charge is 0.294 e.